The molecule has 2 heterocycles. The molecule has 0 spiro atoms. The largest absolute Gasteiger partial charge is 0.464 e. The van der Waals surface area contributed by atoms with Crippen LogP contribution in [0.3, 0.4) is 0 Å². The van der Waals surface area contributed by atoms with Crippen LogP contribution in [0.4, 0.5) is 0 Å². The first-order chi connectivity index (χ1) is 9.29. The fourth-order valence-corrected chi connectivity index (χ4v) is 3.38. The van der Waals surface area contributed by atoms with Crippen LogP contribution in [0.25, 0.3) is 0 Å². The molecule has 4 rings (SSSR count). The number of furan rings is 1. The van der Waals surface area contributed by atoms with E-state index in [9.17, 15) is 0 Å². The number of hydrogen-bond acceptors (Lipinski definition) is 3. The highest BCUT2D eigenvalue weighted by molar-refractivity contribution is 5.17. The van der Waals surface area contributed by atoms with Gasteiger partial charge in [0.05, 0.1) is 6.54 Å². The van der Waals surface area contributed by atoms with Gasteiger partial charge in [-0.15, -0.1) is 0 Å². The van der Waals surface area contributed by atoms with Crippen molar-refractivity contribution in [3.8, 4) is 0 Å². The standard InChI is InChI=1S/C16H24N2O/c1-11-8-15(11)16-5-4-14(19-16)9-17-12-6-7-18(10-12)13-2-3-13/h4-5,11-13,15,17H,2-3,6-10H2,1H3. The molecule has 2 aliphatic carbocycles. The topological polar surface area (TPSA) is 28.4 Å². The molecule has 0 aromatic carbocycles. The lowest BCUT2D eigenvalue weighted by atomic mass is 10.2. The van der Waals surface area contributed by atoms with Crippen molar-refractivity contribution in [3.63, 3.8) is 0 Å². The quantitative estimate of drug-likeness (QED) is 0.882. The minimum Gasteiger partial charge on any atom is -0.464 e. The second-order valence-electron chi connectivity index (χ2n) is 6.72. The molecule has 1 aromatic heterocycles. The molecule has 0 radical (unpaired) electrons. The summed E-state index contributed by atoms with van der Waals surface area (Å²) in [6, 6.07) is 5.91. The van der Waals surface area contributed by atoms with Gasteiger partial charge in [-0.25, -0.2) is 0 Å². The number of rotatable bonds is 5. The lowest BCUT2D eigenvalue weighted by Gasteiger charge is -2.15. The van der Waals surface area contributed by atoms with Crippen molar-refractivity contribution in [2.24, 2.45) is 5.92 Å². The van der Waals surface area contributed by atoms with Gasteiger partial charge in [-0.2, -0.15) is 0 Å². The lowest BCUT2D eigenvalue weighted by Crippen LogP contribution is -2.32. The van der Waals surface area contributed by atoms with Crippen LogP contribution >= 0.6 is 0 Å². The molecule has 104 valence electrons. The van der Waals surface area contributed by atoms with Gasteiger partial charge in [0.2, 0.25) is 0 Å². The molecule has 1 N–H and O–H groups in total. The molecule has 0 amide bonds. The van der Waals surface area contributed by atoms with Gasteiger partial charge in [0, 0.05) is 31.1 Å². The summed E-state index contributed by atoms with van der Waals surface area (Å²) in [6.07, 6.45) is 5.45. The fourth-order valence-electron chi connectivity index (χ4n) is 3.38. The molecule has 3 fully saturated rings. The number of hydrogen-bond donors (Lipinski definition) is 1. The Morgan fingerprint density at radius 1 is 1.32 bits per heavy atom. The Bertz CT molecular complexity index is 451. The third-order valence-corrected chi connectivity index (χ3v) is 5.01. The van der Waals surface area contributed by atoms with Gasteiger partial charge in [-0.1, -0.05) is 6.92 Å². The van der Waals surface area contributed by atoms with Crippen LogP contribution in [0.5, 0.6) is 0 Å². The third-order valence-electron chi connectivity index (χ3n) is 5.01. The molecule has 3 unspecified atom stereocenters. The predicted octanol–water partition coefficient (Wildman–Crippen LogP) is 2.73. The molecule has 1 saturated heterocycles. The van der Waals surface area contributed by atoms with E-state index in [0.717, 1.165) is 24.3 Å². The van der Waals surface area contributed by atoms with Crippen LogP contribution < -0.4 is 5.32 Å². The van der Waals surface area contributed by atoms with Crippen LogP contribution in [0, 0.1) is 5.92 Å². The van der Waals surface area contributed by atoms with E-state index in [-0.39, 0.29) is 0 Å². The molecule has 3 atom stereocenters. The summed E-state index contributed by atoms with van der Waals surface area (Å²) in [5, 5.41) is 3.66. The highest BCUT2D eigenvalue weighted by Gasteiger charge is 2.37. The zero-order valence-corrected chi connectivity index (χ0v) is 11.8. The van der Waals surface area contributed by atoms with Crippen molar-refractivity contribution in [3.05, 3.63) is 23.7 Å². The highest BCUT2D eigenvalue weighted by Crippen LogP contribution is 2.47. The first kappa shape index (κ1) is 12.0. The second-order valence-corrected chi connectivity index (χ2v) is 6.72. The van der Waals surface area contributed by atoms with Crippen molar-refractivity contribution in [2.75, 3.05) is 13.1 Å². The Kier molecular flexibility index (Phi) is 2.92. The van der Waals surface area contributed by atoms with Crippen molar-refractivity contribution >= 4 is 0 Å². The van der Waals surface area contributed by atoms with E-state index in [1.54, 1.807) is 0 Å². The van der Waals surface area contributed by atoms with E-state index in [0.29, 0.717) is 12.0 Å². The van der Waals surface area contributed by atoms with Crippen molar-refractivity contribution in [1.82, 2.24) is 10.2 Å². The Balaban J connectivity index is 1.26. The molecule has 3 nitrogen and oxygen atoms in total. The van der Waals surface area contributed by atoms with E-state index < -0.39 is 0 Å². The Morgan fingerprint density at radius 2 is 2.16 bits per heavy atom. The number of likely N-dealkylation sites (tertiary alicyclic amines) is 1. The second kappa shape index (κ2) is 4.64. The number of nitrogens with zero attached hydrogens (tertiary/aromatic N) is 1. The van der Waals surface area contributed by atoms with Gasteiger partial charge in [0.1, 0.15) is 11.5 Å². The monoisotopic (exact) mass is 260 g/mol. The maximum Gasteiger partial charge on any atom is 0.117 e. The van der Waals surface area contributed by atoms with Gasteiger partial charge >= 0.3 is 0 Å². The Hall–Kier alpha value is -0.800. The maximum absolute atomic E-state index is 5.95. The van der Waals surface area contributed by atoms with Crippen molar-refractivity contribution in [1.29, 1.82) is 0 Å². The predicted molar refractivity (Wildman–Crippen MR) is 75.1 cm³/mol. The molecular formula is C16H24N2O. The average molecular weight is 260 g/mol. The summed E-state index contributed by atoms with van der Waals surface area (Å²) in [5.74, 6) is 3.84. The van der Waals surface area contributed by atoms with E-state index in [1.807, 2.05) is 0 Å². The summed E-state index contributed by atoms with van der Waals surface area (Å²) < 4.78 is 5.95. The fraction of sp³-hybridized carbons (Fsp3) is 0.750. The molecule has 2 saturated carbocycles. The summed E-state index contributed by atoms with van der Waals surface area (Å²) in [6.45, 7) is 5.71. The van der Waals surface area contributed by atoms with E-state index in [4.69, 9.17) is 4.42 Å². The van der Waals surface area contributed by atoms with E-state index in [1.165, 1.54) is 44.5 Å². The molecular weight excluding hydrogens is 236 g/mol. The molecule has 3 heteroatoms. The minimum atomic E-state index is 0.661. The summed E-state index contributed by atoms with van der Waals surface area (Å²) in [5.41, 5.74) is 0. The van der Waals surface area contributed by atoms with E-state index in [2.05, 4.69) is 29.3 Å². The average Bonchev–Trinajstić information content (AvgIpc) is 3.28. The Labute approximate surface area is 115 Å². The maximum atomic E-state index is 5.95. The van der Waals surface area contributed by atoms with Crippen molar-refractivity contribution in [2.45, 2.75) is 57.2 Å². The first-order valence-electron chi connectivity index (χ1n) is 7.85. The minimum absolute atomic E-state index is 0.661. The zero-order valence-electron chi connectivity index (χ0n) is 11.8. The normalized spacial score (nSPS) is 34.9. The van der Waals surface area contributed by atoms with Gasteiger partial charge in [-0.05, 0) is 43.7 Å². The molecule has 1 aromatic rings. The molecule has 19 heavy (non-hydrogen) atoms. The molecule has 1 aliphatic heterocycles. The summed E-state index contributed by atoms with van der Waals surface area (Å²) in [4.78, 5) is 2.65. The van der Waals surface area contributed by atoms with Gasteiger partial charge in [0.25, 0.3) is 0 Å². The van der Waals surface area contributed by atoms with Crippen molar-refractivity contribution < 1.29 is 4.42 Å². The van der Waals surface area contributed by atoms with Crippen LogP contribution in [0.15, 0.2) is 16.5 Å². The summed E-state index contributed by atoms with van der Waals surface area (Å²) in [7, 11) is 0. The molecule has 3 aliphatic rings. The van der Waals surface area contributed by atoms with Crippen LogP contribution in [-0.2, 0) is 6.54 Å². The van der Waals surface area contributed by atoms with E-state index >= 15 is 0 Å². The first-order valence-corrected chi connectivity index (χ1v) is 7.85. The number of nitrogens with one attached hydrogen (secondary N) is 1. The SMILES string of the molecule is CC1CC1c1ccc(CNC2CCN(C3CC3)C2)o1. The zero-order chi connectivity index (χ0) is 12.8. The smallest absolute Gasteiger partial charge is 0.117 e. The van der Waals surface area contributed by atoms with Gasteiger partial charge in [-0.3, -0.25) is 4.90 Å². The lowest BCUT2D eigenvalue weighted by molar-refractivity contribution is 0.315. The van der Waals surface area contributed by atoms with Crippen LogP contribution in [0.2, 0.25) is 0 Å². The van der Waals surface area contributed by atoms with Crippen LogP contribution in [-0.4, -0.2) is 30.1 Å². The van der Waals surface area contributed by atoms with Gasteiger partial charge in [0.15, 0.2) is 0 Å². The molecule has 0 bridgehead atoms. The summed E-state index contributed by atoms with van der Waals surface area (Å²) >= 11 is 0. The highest BCUT2D eigenvalue weighted by atomic mass is 16.3. The third kappa shape index (κ3) is 2.59. The van der Waals surface area contributed by atoms with Crippen LogP contribution in [0.1, 0.15) is 50.0 Å². The van der Waals surface area contributed by atoms with Gasteiger partial charge < -0.3 is 9.73 Å². The Morgan fingerprint density at radius 3 is 2.89 bits per heavy atom.